The summed E-state index contributed by atoms with van der Waals surface area (Å²) in [5, 5.41) is 17.7. The maximum Gasteiger partial charge on any atom is 0.335 e. The molecule has 9 heteroatoms. The van der Waals surface area contributed by atoms with Gasteiger partial charge in [0, 0.05) is 17.7 Å². The Balaban J connectivity index is 2.18. The summed E-state index contributed by atoms with van der Waals surface area (Å²) in [6.45, 7) is 1.56. The molecule has 0 heterocycles. The van der Waals surface area contributed by atoms with Gasteiger partial charge in [-0.15, -0.1) is 0 Å². The summed E-state index contributed by atoms with van der Waals surface area (Å²) in [7, 11) is -4.02. The monoisotopic (exact) mass is 391 g/mol. The number of rotatable bonds is 8. The van der Waals surface area contributed by atoms with E-state index in [4.69, 9.17) is 10.2 Å². The van der Waals surface area contributed by atoms with E-state index in [1.54, 1.807) is 6.92 Å². The number of carboxylic acid groups (broad SMARTS) is 2. The summed E-state index contributed by atoms with van der Waals surface area (Å²) < 4.78 is 27.2. The molecular formula is C18H17NO7S. The average molecular weight is 391 g/mol. The van der Waals surface area contributed by atoms with E-state index in [2.05, 4.69) is 4.72 Å². The lowest BCUT2D eigenvalue weighted by molar-refractivity contribution is -0.136. The van der Waals surface area contributed by atoms with Gasteiger partial charge in [0.05, 0.1) is 16.9 Å². The Morgan fingerprint density at radius 1 is 0.963 bits per heavy atom. The SMILES string of the molecule is Cc1ccc(S(=O)(=O)Nc2ccc(C(=O)CCC(=O)O)cc2)cc1C(=O)O. The maximum atomic E-state index is 12.4. The molecular weight excluding hydrogens is 374 g/mol. The number of ketones is 1. The highest BCUT2D eigenvalue weighted by atomic mass is 32.2. The van der Waals surface area contributed by atoms with Gasteiger partial charge in [-0.25, -0.2) is 13.2 Å². The van der Waals surface area contributed by atoms with Gasteiger partial charge < -0.3 is 10.2 Å². The van der Waals surface area contributed by atoms with Gasteiger partial charge in [0.2, 0.25) is 0 Å². The first-order chi connectivity index (χ1) is 12.6. The molecule has 0 spiro atoms. The first-order valence-electron chi connectivity index (χ1n) is 7.82. The smallest absolute Gasteiger partial charge is 0.335 e. The number of Topliss-reactive ketones (excluding diaryl/α,β-unsaturated/α-hetero) is 1. The highest BCUT2D eigenvalue weighted by Crippen LogP contribution is 2.20. The van der Waals surface area contributed by atoms with Gasteiger partial charge >= 0.3 is 11.9 Å². The molecule has 0 fully saturated rings. The second-order valence-electron chi connectivity index (χ2n) is 5.78. The number of nitrogens with one attached hydrogen (secondary N) is 1. The van der Waals surface area contributed by atoms with E-state index in [-0.39, 0.29) is 40.3 Å². The number of aromatic carboxylic acids is 1. The number of aryl methyl sites for hydroxylation is 1. The molecule has 2 rings (SSSR count). The van der Waals surface area contributed by atoms with Crippen molar-refractivity contribution in [3.63, 3.8) is 0 Å². The van der Waals surface area contributed by atoms with Crippen LogP contribution < -0.4 is 4.72 Å². The minimum Gasteiger partial charge on any atom is -0.481 e. The van der Waals surface area contributed by atoms with Gasteiger partial charge in [0.25, 0.3) is 10.0 Å². The molecule has 0 atom stereocenters. The summed E-state index contributed by atoms with van der Waals surface area (Å²) in [4.78, 5) is 33.3. The van der Waals surface area contributed by atoms with Crippen molar-refractivity contribution in [2.24, 2.45) is 0 Å². The average Bonchev–Trinajstić information content (AvgIpc) is 2.59. The van der Waals surface area contributed by atoms with Gasteiger partial charge in [-0.3, -0.25) is 14.3 Å². The van der Waals surface area contributed by atoms with E-state index in [1.807, 2.05) is 0 Å². The fraction of sp³-hybridized carbons (Fsp3) is 0.167. The van der Waals surface area contributed by atoms with Crippen LogP contribution in [-0.2, 0) is 14.8 Å². The first kappa shape index (κ1) is 20.1. The van der Waals surface area contributed by atoms with Crippen molar-refractivity contribution in [2.45, 2.75) is 24.7 Å². The number of anilines is 1. The van der Waals surface area contributed by atoms with Crippen LogP contribution >= 0.6 is 0 Å². The van der Waals surface area contributed by atoms with E-state index in [0.717, 1.165) is 6.07 Å². The predicted molar refractivity (Wildman–Crippen MR) is 96.6 cm³/mol. The van der Waals surface area contributed by atoms with Crippen LogP contribution in [0.3, 0.4) is 0 Å². The molecule has 2 aromatic rings. The quantitative estimate of drug-likeness (QED) is 0.588. The highest BCUT2D eigenvalue weighted by Gasteiger charge is 2.18. The van der Waals surface area contributed by atoms with E-state index >= 15 is 0 Å². The van der Waals surface area contributed by atoms with Crippen molar-refractivity contribution < 1.29 is 33.0 Å². The van der Waals surface area contributed by atoms with Crippen molar-refractivity contribution in [3.05, 3.63) is 59.2 Å². The lowest BCUT2D eigenvalue weighted by Crippen LogP contribution is -2.14. The molecule has 0 aromatic heterocycles. The Hall–Kier alpha value is -3.20. The van der Waals surface area contributed by atoms with E-state index in [9.17, 15) is 22.8 Å². The molecule has 2 aromatic carbocycles. The van der Waals surface area contributed by atoms with Crippen LogP contribution in [-0.4, -0.2) is 36.4 Å². The zero-order valence-corrected chi connectivity index (χ0v) is 15.1. The molecule has 0 amide bonds. The van der Waals surface area contributed by atoms with Crippen molar-refractivity contribution in [3.8, 4) is 0 Å². The van der Waals surface area contributed by atoms with Crippen LogP contribution in [0, 0.1) is 6.92 Å². The Bertz CT molecular complexity index is 995. The zero-order chi connectivity index (χ0) is 20.2. The summed E-state index contributed by atoms with van der Waals surface area (Å²) >= 11 is 0. The predicted octanol–water partition coefficient (Wildman–Crippen LogP) is 2.54. The molecule has 0 aliphatic rings. The van der Waals surface area contributed by atoms with E-state index in [0.29, 0.717) is 5.56 Å². The molecule has 142 valence electrons. The number of aliphatic carboxylic acids is 1. The number of carbonyl (C=O) groups excluding carboxylic acids is 1. The van der Waals surface area contributed by atoms with Crippen LogP contribution in [0.4, 0.5) is 5.69 Å². The minimum atomic E-state index is -4.02. The third-order valence-electron chi connectivity index (χ3n) is 3.77. The lowest BCUT2D eigenvalue weighted by Gasteiger charge is -2.10. The third kappa shape index (κ3) is 5.14. The molecule has 0 saturated heterocycles. The second kappa shape index (κ2) is 8.00. The standard InChI is InChI=1S/C18H17NO7S/c1-11-2-7-14(10-15(11)18(23)24)27(25,26)19-13-5-3-12(4-6-13)16(20)8-9-17(21)22/h2-7,10,19H,8-9H2,1H3,(H,21,22)(H,23,24). The zero-order valence-electron chi connectivity index (χ0n) is 14.3. The molecule has 0 bridgehead atoms. The molecule has 0 radical (unpaired) electrons. The number of benzene rings is 2. The number of hydrogen-bond acceptors (Lipinski definition) is 5. The Kier molecular flexibility index (Phi) is 5.96. The van der Waals surface area contributed by atoms with E-state index < -0.39 is 22.0 Å². The molecule has 8 nitrogen and oxygen atoms in total. The van der Waals surface area contributed by atoms with Crippen LogP contribution in [0.5, 0.6) is 0 Å². The third-order valence-corrected chi connectivity index (χ3v) is 5.15. The largest absolute Gasteiger partial charge is 0.481 e. The van der Waals surface area contributed by atoms with Crippen LogP contribution in [0.2, 0.25) is 0 Å². The lowest BCUT2D eigenvalue weighted by atomic mass is 10.1. The fourth-order valence-electron chi connectivity index (χ4n) is 2.30. The van der Waals surface area contributed by atoms with Crippen molar-refractivity contribution in [2.75, 3.05) is 4.72 Å². The number of sulfonamides is 1. The number of hydrogen-bond donors (Lipinski definition) is 3. The fourth-order valence-corrected chi connectivity index (χ4v) is 3.39. The summed E-state index contributed by atoms with van der Waals surface area (Å²) in [6.07, 6.45) is -0.436. The van der Waals surface area contributed by atoms with Crippen LogP contribution in [0.15, 0.2) is 47.4 Å². The molecule has 0 aliphatic heterocycles. The van der Waals surface area contributed by atoms with Gasteiger partial charge in [-0.1, -0.05) is 6.07 Å². The Morgan fingerprint density at radius 3 is 2.15 bits per heavy atom. The summed E-state index contributed by atoms with van der Waals surface area (Å²) in [5.41, 5.74) is 0.771. The molecule has 27 heavy (non-hydrogen) atoms. The highest BCUT2D eigenvalue weighted by molar-refractivity contribution is 7.92. The summed E-state index contributed by atoms with van der Waals surface area (Å²) in [5.74, 6) is -2.67. The minimum absolute atomic E-state index is 0.114. The van der Waals surface area contributed by atoms with Crippen LogP contribution in [0.25, 0.3) is 0 Å². The second-order valence-corrected chi connectivity index (χ2v) is 7.46. The van der Waals surface area contributed by atoms with Gasteiger partial charge in [-0.05, 0) is 48.9 Å². The molecule has 0 saturated carbocycles. The van der Waals surface area contributed by atoms with E-state index in [1.165, 1.54) is 36.4 Å². The van der Waals surface area contributed by atoms with Crippen molar-refractivity contribution in [1.29, 1.82) is 0 Å². The normalized spacial score (nSPS) is 11.0. The molecule has 0 aliphatic carbocycles. The number of carboxylic acids is 2. The Morgan fingerprint density at radius 2 is 1.59 bits per heavy atom. The molecule has 3 N–H and O–H groups in total. The first-order valence-corrected chi connectivity index (χ1v) is 9.30. The Labute approximate surface area is 155 Å². The van der Waals surface area contributed by atoms with Crippen molar-refractivity contribution in [1.82, 2.24) is 0 Å². The van der Waals surface area contributed by atoms with Gasteiger partial charge in [0.1, 0.15) is 0 Å². The topological polar surface area (TPSA) is 138 Å². The van der Waals surface area contributed by atoms with Gasteiger partial charge in [0.15, 0.2) is 5.78 Å². The van der Waals surface area contributed by atoms with Crippen LogP contribution in [0.1, 0.15) is 39.1 Å². The molecule has 0 unspecified atom stereocenters. The maximum absolute atomic E-state index is 12.4. The van der Waals surface area contributed by atoms with Crippen molar-refractivity contribution >= 4 is 33.4 Å². The van der Waals surface area contributed by atoms with Gasteiger partial charge in [-0.2, -0.15) is 0 Å². The summed E-state index contributed by atoms with van der Waals surface area (Å²) in [6, 6.07) is 9.30. The number of carbonyl (C=O) groups is 3.